The lowest BCUT2D eigenvalue weighted by molar-refractivity contribution is 0.0827. The number of fused-ring (bicyclic) bond motifs is 1. The van der Waals surface area contributed by atoms with Crippen molar-refractivity contribution in [3.8, 4) is 5.00 Å². The zero-order valence-corrected chi connectivity index (χ0v) is 12.2. The van der Waals surface area contributed by atoms with Crippen molar-refractivity contribution in [3.63, 3.8) is 0 Å². The molecule has 1 aliphatic carbocycles. The van der Waals surface area contributed by atoms with Crippen LogP contribution in [0.4, 0.5) is 0 Å². The van der Waals surface area contributed by atoms with Crippen LogP contribution < -0.4 is 0 Å². The van der Waals surface area contributed by atoms with Gasteiger partial charge >= 0.3 is 0 Å². The molecule has 0 spiro atoms. The molecule has 1 amide bonds. The third-order valence-corrected chi connectivity index (χ3v) is 4.92. The number of thiophene rings is 1. The fourth-order valence-electron chi connectivity index (χ4n) is 2.65. The van der Waals surface area contributed by atoms with Crippen molar-refractivity contribution in [3.05, 3.63) is 40.5 Å². The lowest BCUT2D eigenvalue weighted by atomic mass is 9.95. The van der Waals surface area contributed by atoms with Gasteiger partial charge in [-0.2, -0.15) is 0 Å². The second-order valence-electron chi connectivity index (χ2n) is 5.18. The first-order valence-corrected chi connectivity index (χ1v) is 7.49. The van der Waals surface area contributed by atoms with E-state index in [0.717, 1.165) is 23.4 Å². The summed E-state index contributed by atoms with van der Waals surface area (Å²) in [5, 5.41) is 1.08. The lowest BCUT2D eigenvalue weighted by Crippen LogP contribution is -2.24. The van der Waals surface area contributed by atoms with E-state index in [2.05, 4.69) is 4.57 Å². The third-order valence-electron chi connectivity index (χ3n) is 3.61. The molecule has 0 aromatic carbocycles. The maximum atomic E-state index is 12.5. The van der Waals surface area contributed by atoms with Crippen LogP contribution in [0.5, 0.6) is 0 Å². The van der Waals surface area contributed by atoms with Gasteiger partial charge in [0.15, 0.2) is 0 Å². The van der Waals surface area contributed by atoms with Crippen LogP contribution in [0.25, 0.3) is 5.00 Å². The van der Waals surface area contributed by atoms with Gasteiger partial charge < -0.3 is 9.47 Å². The van der Waals surface area contributed by atoms with E-state index in [1.807, 2.05) is 38.6 Å². The smallest absolute Gasteiger partial charge is 0.256 e. The number of aryl methyl sites for hydroxylation is 1. The molecule has 0 saturated heterocycles. The van der Waals surface area contributed by atoms with Crippen LogP contribution in [-0.4, -0.2) is 29.5 Å². The molecule has 0 N–H and O–H groups in total. The molecule has 3 nitrogen and oxygen atoms in total. The maximum absolute atomic E-state index is 12.5. The quantitative estimate of drug-likeness (QED) is 0.826. The van der Waals surface area contributed by atoms with E-state index in [4.69, 9.17) is 0 Å². The fourth-order valence-corrected chi connectivity index (χ4v) is 3.99. The minimum Gasteiger partial charge on any atom is -0.345 e. The fraction of sp³-hybridized carbons (Fsp3) is 0.400. The molecule has 0 bridgehead atoms. The van der Waals surface area contributed by atoms with E-state index in [-0.39, 0.29) is 5.91 Å². The number of aromatic nitrogens is 1. The Balaban J connectivity index is 2.18. The SMILES string of the molecule is CN(C)C(=O)c1c(-n2cccc2)sc2c1CCCC2. The Morgan fingerprint density at radius 1 is 1.21 bits per heavy atom. The second kappa shape index (κ2) is 4.85. The van der Waals surface area contributed by atoms with E-state index in [0.29, 0.717) is 0 Å². The van der Waals surface area contributed by atoms with Gasteiger partial charge in [0.2, 0.25) is 0 Å². The highest BCUT2D eigenvalue weighted by molar-refractivity contribution is 7.15. The van der Waals surface area contributed by atoms with E-state index in [9.17, 15) is 4.79 Å². The van der Waals surface area contributed by atoms with E-state index in [1.54, 1.807) is 16.2 Å². The molecule has 2 aromatic rings. The number of nitrogens with zero attached hydrogens (tertiary/aromatic N) is 2. The number of carbonyl (C=O) groups excluding carboxylic acids is 1. The minimum atomic E-state index is 0.128. The van der Waals surface area contributed by atoms with Crippen molar-refractivity contribution in [2.75, 3.05) is 14.1 Å². The molecule has 19 heavy (non-hydrogen) atoms. The van der Waals surface area contributed by atoms with Crippen molar-refractivity contribution in [2.24, 2.45) is 0 Å². The second-order valence-corrected chi connectivity index (χ2v) is 6.26. The standard InChI is InChI=1S/C15H18N2OS/c1-16(2)14(18)13-11-7-3-4-8-12(11)19-15(13)17-9-5-6-10-17/h5-6,9-10H,3-4,7-8H2,1-2H3. The summed E-state index contributed by atoms with van der Waals surface area (Å²) >= 11 is 1.78. The first-order chi connectivity index (χ1) is 9.18. The molecular formula is C15H18N2OS. The summed E-state index contributed by atoms with van der Waals surface area (Å²) in [7, 11) is 3.66. The molecule has 4 heteroatoms. The van der Waals surface area contributed by atoms with Gasteiger partial charge in [-0.05, 0) is 43.4 Å². The zero-order valence-electron chi connectivity index (χ0n) is 11.3. The molecule has 3 rings (SSSR count). The van der Waals surface area contributed by atoms with Gasteiger partial charge in [0.1, 0.15) is 5.00 Å². The molecule has 0 unspecified atom stereocenters. The molecule has 100 valence electrons. The molecule has 0 radical (unpaired) electrons. The van der Waals surface area contributed by atoms with E-state index >= 15 is 0 Å². The van der Waals surface area contributed by atoms with Crippen molar-refractivity contribution in [1.82, 2.24) is 9.47 Å². The summed E-state index contributed by atoms with van der Waals surface area (Å²) in [6, 6.07) is 4.01. The molecular weight excluding hydrogens is 256 g/mol. The summed E-state index contributed by atoms with van der Waals surface area (Å²) in [6.07, 6.45) is 8.64. The van der Waals surface area contributed by atoms with E-state index < -0.39 is 0 Å². The van der Waals surface area contributed by atoms with Gasteiger partial charge in [-0.3, -0.25) is 4.79 Å². The van der Waals surface area contributed by atoms with Gasteiger partial charge in [0.25, 0.3) is 5.91 Å². The van der Waals surface area contributed by atoms with Crippen LogP contribution in [0.3, 0.4) is 0 Å². The van der Waals surface area contributed by atoms with Crippen LogP contribution in [0, 0.1) is 0 Å². The van der Waals surface area contributed by atoms with Crippen LogP contribution in [0.15, 0.2) is 24.5 Å². The first kappa shape index (κ1) is 12.5. The van der Waals surface area contributed by atoms with Crippen molar-refractivity contribution >= 4 is 17.2 Å². The highest BCUT2D eigenvalue weighted by Gasteiger charge is 2.26. The molecule has 2 aromatic heterocycles. The topological polar surface area (TPSA) is 25.2 Å². The highest BCUT2D eigenvalue weighted by atomic mass is 32.1. The molecule has 0 aliphatic heterocycles. The van der Waals surface area contributed by atoms with Gasteiger partial charge in [0, 0.05) is 31.4 Å². The summed E-state index contributed by atoms with van der Waals surface area (Å²) in [4.78, 5) is 15.6. The Kier molecular flexibility index (Phi) is 3.19. The average molecular weight is 274 g/mol. The predicted molar refractivity (Wildman–Crippen MR) is 78.3 cm³/mol. The summed E-state index contributed by atoms with van der Waals surface area (Å²) < 4.78 is 2.07. The predicted octanol–water partition coefficient (Wildman–Crippen LogP) is 3.12. The Morgan fingerprint density at radius 2 is 1.89 bits per heavy atom. The van der Waals surface area contributed by atoms with Gasteiger partial charge in [-0.15, -0.1) is 11.3 Å². The molecule has 0 atom stereocenters. The normalized spacial score (nSPS) is 14.2. The van der Waals surface area contributed by atoms with Crippen LogP contribution in [0.2, 0.25) is 0 Å². The van der Waals surface area contributed by atoms with Crippen LogP contribution >= 0.6 is 11.3 Å². The van der Waals surface area contributed by atoms with Crippen molar-refractivity contribution in [1.29, 1.82) is 0 Å². The third kappa shape index (κ3) is 2.10. The monoisotopic (exact) mass is 274 g/mol. The van der Waals surface area contributed by atoms with Gasteiger partial charge in [-0.25, -0.2) is 0 Å². The zero-order chi connectivity index (χ0) is 13.4. The summed E-state index contributed by atoms with van der Waals surface area (Å²) in [5.74, 6) is 0.128. The van der Waals surface area contributed by atoms with Gasteiger partial charge in [-0.1, -0.05) is 0 Å². The minimum absolute atomic E-state index is 0.128. The van der Waals surface area contributed by atoms with Crippen molar-refractivity contribution < 1.29 is 4.79 Å². The van der Waals surface area contributed by atoms with Crippen molar-refractivity contribution in [2.45, 2.75) is 25.7 Å². The number of rotatable bonds is 2. The molecule has 2 heterocycles. The Morgan fingerprint density at radius 3 is 2.58 bits per heavy atom. The average Bonchev–Trinajstić information content (AvgIpc) is 3.04. The Labute approximate surface area is 117 Å². The number of amides is 1. The lowest BCUT2D eigenvalue weighted by Gasteiger charge is -2.16. The number of hydrogen-bond acceptors (Lipinski definition) is 2. The van der Waals surface area contributed by atoms with E-state index in [1.165, 1.54) is 23.3 Å². The highest BCUT2D eigenvalue weighted by Crippen LogP contribution is 2.37. The summed E-state index contributed by atoms with van der Waals surface area (Å²) in [5.41, 5.74) is 2.21. The molecule has 0 fully saturated rings. The molecule has 0 saturated carbocycles. The first-order valence-electron chi connectivity index (χ1n) is 6.68. The molecule has 1 aliphatic rings. The van der Waals surface area contributed by atoms with Gasteiger partial charge in [0.05, 0.1) is 5.56 Å². The number of carbonyl (C=O) groups is 1. The maximum Gasteiger partial charge on any atom is 0.256 e. The van der Waals surface area contributed by atoms with Crippen LogP contribution in [-0.2, 0) is 12.8 Å². The largest absolute Gasteiger partial charge is 0.345 e. The Bertz CT molecular complexity index is 596. The number of hydrogen-bond donors (Lipinski definition) is 0. The van der Waals surface area contributed by atoms with Crippen LogP contribution in [0.1, 0.15) is 33.6 Å². The summed E-state index contributed by atoms with van der Waals surface area (Å²) in [6.45, 7) is 0. The Hall–Kier alpha value is -1.55.